The molecule has 0 radical (unpaired) electrons. The van der Waals surface area contributed by atoms with Gasteiger partial charge in [0.2, 0.25) is 0 Å². The van der Waals surface area contributed by atoms with E-state index in [0.29, 0.717) is 18.2 Å². The van der Waals surface area contributed by atoms with Crippen LogP contribution in [0.5, 0.6) is 0 Å². The Morgan fingerprint density at radius 1 is 1.15 bits per heavy atom. The van der Waals surface area contributed by atoms with E-state index >= 15 is 0 Å². The maximum atomic E-state index is 10.4. The Morgan fingerprint density at radius 2 is 1.70 bits per heavy atom. The quantitative estimate of drug-likeness (QED) is 0.524. The molecule has 1 rings (SSSR count). The van der Waals surface area contributed by atoms with Crippen LogP contribution in [0.3, 0.4) is 0 Å². The summed E-state index contributed by atoms with van der Waals surface area (Å²) in [5.74, 6) is 0.390. The van der Waals surface area contributed by atoms with E-state index in [1.54, 1.807) is 0 Å². The number of benzene rings is 1. The van der Waals surface area contributed by atoms with Crippen molar-refractivity contribution in [2.45, 2.75) is 19.3 Å². The van der Waals surface area contributed by atoms with Gasteiger partial charge in [-0.25, -0.2) is 0 Å². The molecular weight excluding hydrogens is 324 g/mol. The number of carboxylic acids is 1. The van der Waals surface area contributed by atoms with Crippen LogP contribution in [-0.2, 0) is 11.2 Å². The molecule has 0 spiro atoms. The Bertz CT molecular complexity index is 387. The maximum Gasteiger partial charge on any atom is 1.00 e. The number of hydrogen-bond acceptors (Lipinski definition) is 2. The van der Waals surface area contributed by atoms with Gasteiger partial charge in [-0.1, -0.05) is 12.1 Å². The first-order chi connectivity index (χ1) is 9.17. The van der Waals surface area contributed by atoms with Crippen molar-refractivity contribution in [1.82, 2.24) is 0 Å². The Labute approximate surface area is 174 Å². The van der Waals surface area contributed by atoms with Crippen LogP contribution >= 0.6 is 23.2 Å². The summed E-state index contributed by atoms with van der Waals surface area (Å²) in [6.45, 7) is 1.54. The van der Waals surface area contributed by atoms with Crippen LogP contribution in [0.1, 0.15) is 19.8 Å². The van der Waals surface area contributed by atoms with E-state index in [0.717, 1.165) is 30.8 Å². The van der Waals surface area contributed by atoms with Crippen molar-refractivity contribution < 1.29 is 62.7 Å². The van der Waals surface area contributed by atoms with Crippen LogP contribution in [0.4, 0.5) is 5.69 Å². The topological polar surface area (TPSA) is 40.5 Å². The molecule has 0 amide bonds. The molecule has 0 fully saturated rings. The van der Waals surface area contributed by atoms with Crippen LogP contribution in [0.15, 0.2) is 24.3 Å². The third-order valence-electron chi connectivity index (χ3n) is 2.87. The van der Waals surface area contributed by atoms with Crippen molar-refractivity contribution >= 4 is 34.9 Å². The summed E-state index contributed by atoms with van der Waals surface area (Å²) in [6.07, 6.45) is 1.67. The molecule has 0 aromatic heterocycles. The number of nitrogens with zero attached hydrogens (tertiary/aromatic N) is 1. The molecular formula is C14H20Cl2KNO2. The number of halogens is 2. The zero-order valence-corrected chi connectivity index (χ0v) is 16.5. The van der Waals surface area contributed by atoms with Crippen LogP contribution in [0.25, 0.3) is 0 Å². The first-order valence-electron chi connectivity index (χ1n) is 6.35. The van der Waals surface area contributed by atoms with E-state index in [-0.39, 0.29) is 59.2 Å². The molecule has 0 aliphatic heterocycles. The van der Waals surface area contributed by atoms with Gasteiger partial charge in [0, 0.05) is 37.0 Å². The molecule has 108 valence electrons. The molecule has 0 saturated carbocycles. The Balaban J connectivity index is 0. The van der Waals surface area contributed by atoms with Gasteiger partial charge < -0.3 is 11.4 Å². The third-order valence-corrected chi connectivity index (χ3v) is 3.20. The van der Waals surface area contributed by atoms with E-state index in [4.69, 9.17) is 28.3 Å². The van der Waals surface area contributed by atoms with Crippen LogP contribution in [0.2, 0.25) is 0 Å². The number of anilines is 1. The average Bonchev–Trinajstić information content (AvgIpc) is 2.39. The number of aryl methyl sites for hydroxylation is 1. The molecule has 0 bridgehead atoms. The second-order valence-corrected chi connectivity index (χ2v) is 5.03. The van der Waals surface area contributed by atoms with Gasteiger partial charge in [0.05, 0.1) is 0 Å². The zero-order chi connectivity index (χ0) is 14.1. The van der Waals surface area contributed by atoms with Gasteiger partial charge >= 0.3 is 57.4 Å². The molecule has 1 N–H and O–H groups in total. The zero-order valence-electron chi connectivity index (χ0n) is 12.8. The van der Waals surface area contributed by atoms with Gasteiger partial charge in [0.15, 0.2) is 0 Å². The smallest absolute Gasteiger partial charge is 1.00 e. The predicted octanol–water partition coefficient (Wildman–Crippen LogP) is 0.494. The Hall–Kier alpha value is 0.706. The summed E-state index contributed by atoms with van der Waals surface area (Å²) in [4.78, 5) is 12.6. The van der Waals surface area contributed by atoms with Crippen LogP contribution in [-0.4, -0.2) is 35.9 Å². The number of rotatable bonds is 9. The first-order valence-corrected chi connectivity index (χ1v) is 7.42. The van der Waals surface area contributed by atoms with Crippen LogP contribution in [0, 0.1) is 0 Å². The van der Waals surface area contributed by atoms with Crippen molar-refractivity contribution in [3.05, 3.63) is 29.8 Å². The summed E-state index contributed by atoms with van der Waals surface area (Å²) in [6, 6.07) is 8.14. The maximum absolute atomic E-state index is 10.4. The van der Waals surface area contributed by atoms with E-state index in [1.165, 1.54) is 0 Å². The number of aliphatic carboxylic acids is 1. The molecule has 1 aromatic carbocycles. The predicted molar refractivity (Wildman–Crippen MR) is 81.8 cm³/mol. The largest absolute Gasteiger partial charge is 1.00 e. The summed E-state index contributed by atoms with van der Waals surface area (Å²) in [5.41, 5.74) is 2.25. The fraction of sp³-hybridized carbons (Fsp3) is 0.500. The molecule has 3 nitrogen and oxygen atoms in total. The summed E-state index contributed by atoms with van der Waals surface area (Å²) >= 11 is 11.5. The number of carbonyl (C=O) groups is 1. The molecule has 1 aromatic rings. The summed E-state index contributed by atoms with van der Waals surface area (Å²) in [5, 5.41) is 8.59. The van der Waals surface area contributed by atoms with Gasteiger partial charge in [-0.2, -0.15) is 0 Å². The van der Waals surface area contributed by atoms with E-state index in [1.807, 2.05) is 24.3 Å². The number of carboxylic acid groups (broad SMARTS) is 1. The van der Waals surface area contributed by atoms with Crippen molar-refractivity contribution in [2.24, 2.45) is 0 Å². The van der Waals surface area contributed by atoms with Gasteiger partial charge in [-0.3, -0.25) is 4.79 Å². The van der Waals surface area contributed by atoms with Crippen molar-refractivity contribution in [3.63, 3.8) is 0 Å². The molecule has 0 unspecified atom stereocenters. The van der Waals surface area contributed by atoms with Crippen LogP contribution < -0.4 is 56.3 Å². The fourth-order valence-corrected chi connectivity index (χ4v) is 2.30. The van der Waals surface area contributed by atoms with Crippen molar-refractivity contribution in [1.29, 1.82) is 0 Å². The van der Waals surface area contributed by atoms with Gasteiger partial charge in [0.25, 0.3) is 0 Å². The fourth-order valence-electron chi connectivity index (χ4n) is 1.89. The minimum atomic E-state index is -0.743. The third kappa shape index (κ3) is 8.22. The Morgan fingerprint density at radius 3 is 2.15 bits per heavy atom. The molecule has 20 heavy (non-hydrogen) atoms. The standard InChI is InChI=1S/C14H19Cl2NO2.K.H/c15-8-10-17(11-9-16)13-6-4-12(5-7-13)2-1-3-14(18)19;;/h4-7H,1-3,8-11H2,(H,18,19);;/q;+1;-1. The molecule has 0 atom stereocenters. The number of alkyl halides is 2. The monoisotopic (exact) mass is 343 g/mol. The van der Waals surface area contributed by atoms with E-state index in [9.17, 15) is 4.79 Å². The van der Waals surface area contributed by atoms with Crippen molar-refractivity contribution in [2.75, 3.05) is 29.7 Å². The molecule has 0 heterocycles. The molecule has 0 aliphatic rings. The van der Waals surface area contributed by atoms with Gasteiger partial charge in [-0.15, -0.1) is 23.2 Å². The SMILES string of the molecule is O=C(O)CCCc1ccc(N(CCCl)CCCl)cc1.[H-].[K+]. The van der Waals surface area contributed by atoms with Crippen molar-refractivity contribution in [3.8, 4) is 0 Å². The Kier molecular flexibility index (Phi) is 12.7. The average molecular weight is 344 g/mol. The summed E-state index contributed by atoms with van der Waals surface area (Å²) < 4.78 is 0. The van der Waals surface area contributed by atoms with Gasteiger partial charge in [-0.05, 0) is 30.5 Å². The number of hydrogen-bond donors (Lipinski definition) is 1. The van der Waals surface area contributed by atoms with Gasteiger partial charge in [0.1, 0.15) is 0 Å². The molecule has 6 heteroatoms. The first kappa shape index (κ1) is 20.7. The second kappa shape index (κ2) is 12.3. The summed E-state index contributed by atoms with van der Waals surface area (Å²) in [7, 11) is 0. The van der Waals surface area contributed by atoms with E-state index in [2.05, 4.69) is 4.90 Å². The minimum Gasteiger partial charge on any atom is -1.00 e. The normalized spacial score (nSPS) is 9.90. The van der Waals surface area contributed by atoms with E-state index < -0.39 is 5.97 Å². The minimum absolute atomic E-state index is 0. The molecule has 0 aliphatic carbocycles. The molecule has 0 saturated heterocycles. The second-order valence-electron chi connectivity index (χ2n) is 4.28.